The molecule has 6 heteroatoms. The first-order valence-electron chi connectivity index (χ1n) is 12.0. The minimum Gasteiger partial charge on any atom is -0.497 e. The van der Waals surface area contributed by atoms with Crippen LogP contribution in [-0.2, 0) is 25.9 Å². The van der Waals surface area contributed by atoms with Crippen molar-refractivity contribution in [2.45, 2.75) is 38.4 Å². The molecule has 6 rings (SSSR count). The van der Waals surface area contributed by atoms with Gasteiger partial charge in [-0.15, -0.1) is 11.3 Å². The van der Waals surface area contributed by atoms with Crippen LogP contribution in [0.2, 0.25) is 0 Å². The highest BCUT2D eigenvalue weighted by molar-refractivity contribution is 7.18. The van der Waals surface area contributed by atoms with Gasteiger partial charge in [-0.25, -0.2) is 4.98 Å². The maximum atomic E-state index is 13.6. The number of thiophene rings is 1. The van der Waals surface area contributed by atoms with Crippen molar-refractivity contribution < 1.29 is 4.74 Å². The number of fused-ring (bicyclic) bond motifs is 4. The largest absolute Gasteiger partial charge is 0.497 e. The second-order valence-electron chi connectivity index (χ2n) is 9.17. The number of nitrogens with one attached hydrogen (secondary N) is 1. The number of ether oxygens (including phenoxy) is 1. The van der Waals surface area contributed by atoms with Gasteiger partial charge in [-0.3, -0.25) is 9.36 Å². The first kappa shape index (κ1) is 22.0. The van der Waals surface area contributed by atoms with E-state index < -0.39 is 0 Å². The molecule has 0 saturated carbocycles. The van der Waals surface area contributed by atoms with E-state index in [1.165, 1.54) is 26.8 Å². The van der Waals surface area contributed by atoms with E-state index in [0.717, 1.165) is 47.3 Å². The number of benzene rings is 3. The van der Waals surface area contributed by atoms with Crippen molar-refractivity contribution in [2.24, 2.45) is 0 Å². The van der Waals surface area contributed by atoms with Crippen LogP contribution in [0.3, 0.4) is 0 Å². The third kappa shape index (κ3) is 4.24. The molecule has 3 aromatic carbocycles. The topological polar surface area (TPSA) is 56.1 Å². The Morgan fingerprint density at radius 3 is 2.77 bits per heavy atom. The van der Waals surface area contributed by atoms with Gasteiger partial charge in [0.15, 0.2) is 0 Å². The van der Waals surface area contributed by atoms with Gasteiger partial charge in [-0.2, -0.15) is 0 Å². The van der Waals surface area contributed by atoms with Crippen LogP contribution in [0.25, 0.3) is 21.0 Å². The smallest absolute Gasteiger partial charge is 0.262 e. The van der Waals surface area contributed by atoms with Crippen LogP contribution in [0.4, 0.5) is 0 Å². The summed E-state index contributed by atoms with van der Waals surface area (Å²) in [4.78, 5) is 20.4. The van der Waals surface area contributed by atoms with Gasteiger partial charge >= 0.3 is 0 Å². The second-order valence-corrected chi connectivity index (χ2v) is 10.3. The first-order chi connectivity index (χ1) is 17.2. The van der Waals surface area contributed by atoms with Gasteiger partial charge < -0.3 is 10.1 Å². The second kappa shape index (κ2) is 9.29. The molecular formula is C29H27N3O2S. The molecule has 5 nitrogen and oxygen atoms in total. The van der Waals surface area contributed by atoms with Crippen molar-refractivity contribution in [3.8, 4) is 5.75 Å². The van der Waals surface area contributed by atoms with Gasteiger partial charge in [0, 0.05) is 17.5 Å². The molecule has 0 saturated heterocycles. The molecule has 2 aromatic heterocycles. The molecule has 1 aliphatic rings. The maximum absolute atomic E-state index is 13.6. The van der Waals surface area contributed by atoms with E-state index in [4.69, 9.17) is 9.72 Å². The Labute approximate surface area is 208 Å². The molecular weight excluding hydrogens is 454 g/mol. The Hall–Kier alpha value is -3.48. The Morgan fingerprint density at radius 2 is 1.91 bits per heavy atom. The van der Waals surface area contributed by atoms with Crippen LogP contribution < -0.4 is 15.6 Å². The van der Waals surface area contributed by atoms with E-state index in [2.05, 4.69) is 47.8 Å². The molecule has 35 heavy (non-hydrogen) atoms. The van der Waals surface area contributed by atoms with Crippen molar-refractivity contribution >= 4 is 32.3 Å². The van der Waals surface area contributed by atoms with E-state index in [-0.39, 0.29) is 5.56 Å². The molecule has 5 aromatic rings. The van der Waals surface area contributed by atoms with Gasteiger partial charge in [-0.1, -0.05) is 54.6 Å². The fraction of sp³-hybridized carbons (Fsp3) is 0.241. The number of aromatic nitrogens is 2. The van der Waals surface area contributed by atoms with Gasteiger partial charge in [0.1, 0.15) is 10.6 Å². The third-order valence-corrected chi connectivity index (χ3v) is 8.17. The van der Waals surface area contributed by atoms with Gasteiger partial charge in [0.25, 0.3) is 5.56 Å². The summed E-state index contributed by atoms with van der Waals surface area (Å²) in [6.45, 7) is 1.35. The van der Waals surface area contributed by atoms with Crippen LogP contribution in [0, 0.1) is 0 Å². The molecule has 1 unspecified atom stereocenters. The molecule has 176 valence electrons. The summed E-state index contributed by atoms with van der Waals surface area (Å²) in [6, 6.07) is 23.2. The number of rotatable bonds is 6. The minimum absolute atomic E-state index is 0.0741. The molecule has 0 spiro atoms. The molecule has 0 radical (unpaired) electrons. The van der Waals surface area contributed by atoms with E-state index in [1.54, 1.807) is 29.3 Å². The quantitative estimate of drug-likeness (QED) is 0.357. The van der Waals surface area contributed by atoms with Crippen molar-refractivity contribution in [1.29, 1.82) is 0 Å². The molecule has 0 amide bonds. The molecule has 2 heterocycles. The van der Waals surface area contributed by atoms with Gasteiger partial charge in [-0.05, 0) is 58.9 Å². The summed E-state index contributed by atoms with van der Waals surface area (Å²) in [5.74, 6) is 0.875. The van der Waals surface area contributed by atoms with Crippen molar-refractivity contribution in [2.75, 3.05) is 7.11 Å². The summed E-state index contributed by atoms with van der Waals surface area (Å²) < 4.78 is 7.02. The SMILES string of the molecule is COc1ccc(CNC2CCc3c(sc4ncn(Cc5cccc6ccccc56)c(=O)c34)C2)cc1. The number of hydrogen-bond donors (Lipinski definition) is 1. The van der Waals surface area contributed by atoms with E-state index in [9.17, 15) is 4.79 Å². The predicted octanol–water partition coefficient (Wildman–Crippen LogP) is 5.32. The number of hydrogen-bond acceptors (Lipinski definition) is 5. The first-order valence-corrected chi connectivity index (χ1v) is 12.8. The Morgan fingerprint density at radius 1 is 1.09 bits per heavy atom. The Bertz CT molecular complexity index is 1560. The molecule has 0 aliphatic heterocycles. The van der Waals surface area contributed by atoms with Crippen LogP contribution >= 0.6 is 11.3 Å². The van der Waals surface area contributed by atoms with Crippen LogP contribution in [-0.4, -0.2) is 22.7 Å². The average Bonchev–Trinajstić information content (AvgIpc) is 3.28. The molecule has 1 N–H and O–H groups in total. The van der Waals surface area contributed by atoms with Gasteiger partial charge in [0.2, 0.25) is 0 Å². The lowest BCUT2D eigenvalue weighted by Crippen LogP contribution is -2.33. The standard InChI is InChI=1S/C29H27N3O2S/c1-34-23-12-9-19(10-13-23)16-30-22-11-14-25-26(15-22)35-28-27(25)29(33)32(18-31-28)17-21-7-4-6-20-5-2-3-8-24(20)21/h2-10,12-13,18,22,30H,11,14-17H2,1H3. The van der Waals surface area contributed by atoms with Crippen molar-refractivity contribution in [3.63, 3.8) is 0 Å². The zero-order valence-electron chi connectivity index (χ0n) is 19.7. The summed E-state index contributed by atoms with van der Waals surface area (Å²) in [6.07, 6.45) is 4.58. The highest BCUT2D eigenvalue weighted by atomic mass is 32.1. The van der Waals surface area contributed by atoms with Crippen molar-refractivity contribution in [3.05, 3.63) is 105 Å². The lowest BCUT2D eigenvalue weighted by atomic mass is 9.93. The lowest BCUT2D eigenvalue weighted by molar-refractivity contribution is 0.414. The zero-order chi connectivity index (χ0) is 23.8. The van der Waals surface area contributed by atoms with E-state index in [0.29, 0.717) is 12.6 Å². The third-order valence-electron chi connectivity index (χ3n) is 7.01. The summed E-state index contributed by atoms with van der Waals surface area (Å²) in [5.41, 5.74) is 3.66. The van der Waals surface area contributed by atoms with Gasteiger partial charge in [0.05, 0.1) is 25.4 Å². The predicted molar refractivity (Wildman–Crippen MR) is 143 cm³/mol. The highest BCUT2D eigenvalue weighted by Crippen LogP contribution is 2.34. The molecule has 0 fully saturated rings. The summed E-state index contributed by atoms with van der Waals surface area (Å²) in [5, 5.41) is 6.89. The highest BCUT2D eigenvalue weighted by Gasteiger charge is 2.25. The van der Waals surface area contributed by atoms with E-state index in [1.807, 2.05) is 24.3 Å². The molecule has 1 aliphatic carbocycles. The molecule has 1 atom stereocenters. The van der Waals surface area contributed by atoms with Crippen LogP contribution in [0.5, 0.6) is 5.75 Å². The summed E-state index contributed by atoms with van der Waals surface area (Å²) >= 11 is 1.68. The average molecular weight is 482 g/mol. The number of methoxy groups -OCH3 is 1. The Balaban J connectivity index is 1.23. The Kier molecular flexibility index (Phi) is 5.84. The summed E-state index contributed by atoms with van der Waals surface area (Å²) in [7, 11) is 1.69. The fourth-order valence-electron chi connectivity index (χ4n) is 5.11. The number of aryl methyl sites for hydroxylation is 1. The fourth-order valence-corrected chi connectivity index (χ4v) is 6.37. The lowest BCUT2D eigenvalue weighted by Gasteiger charge is -2.23. The van der Waals surface area contributed by atoms with Crippen LogP contribution in [0.1, 0.15) is 28.0 Å². The zero-order valence-corrected chi connectivity index (χ0v) is 20.5. The monoisotopic (exact) mass is 481 g/mol. The minimum atomic E-state index is 0.0741. The van der Waals surface area contributed by atoms with Crippen molar-refractivity contribution in [1.82, 2.24) is 14.9 Å². The normalized spacial score (nSPS) is 15.4. The number of nitrogens with zero attached hydrogens (tertiary/aromatic N) is 2. The maximum Gasteiger partial charge on any atom is 0.262 e. The van der Waals surface area contributed by atoms with Crippen LogP contribution in [0.15, 0.2) is 77.9 Å². The molecule has 0 bridgehead atoms. The van der Waals surface area contributed by atoms with E-state index >= 15 is 0 Å².